The number of thiazole rings is 1. The predicted molar refractivity (Wildman–Crippen MR) is 57.7 cm³/mol. The highest BCUT2D eigenvalue weighted by Crippen LogP contribution is 2.35. The van der Waals surface area contributed by atoms with Crippen molar-refractivity contribution in [3.63, 3.8) is 0 Å². The molecule has 1 aromatic rings. The van der Waals surface area contributed by atoms with Gasteiger partial charge in [-0.25, -0.2) is 9.78 Å². The number of ether oxygens (including phenoxy) is 1. The van der Waals surface area contributed by atoms with E-state index >= 15 is 0 Å². The van der Waals surface area contributed by atoms with Crippen LogP contribution >= 0.6 is 11.3 Å². The summed E-state index contributed by atoms with van der Waals surface area (Å²) in [5, 5.41) is 10.1. The fourth-order valence-corrected chi connectivity index (χ4v) is 2.24. The Morgan fingerprint density at radius 2 is 2.60 bits per heavy atom. The van der Waals surface area contributed by atoms with Gasteiger partial charge in [-0.15, -0.1) is 0 Å². The molecule has 0 fully saturated rings. The summed E-state index contributed by atoms with van der Waals surface area (Å²) in [6.07, 6.45) is 2.70. The molecule has 0 aromatic carbocycles. The van der Waals surface area contributed by atoms with Crippen LogP contribution in [0.2, 0.25) is 0 Å². The molecule has 80 valence electrons. The number of amides is 1. The Kier molecular flexibility index (Phi) is 2.59. The van der Waals surface area contributed by atoms with Crippen LogP contribution in [0.25, 0.3) is 6.08 Å². The SMILES string of the molecule is CCN(C(=O)O)c1nc2c(s1)OCC=C2. The van der Waals surface area contributed by atoms with Crippen molar-refractivity contribution in [3.8, 4) is 5.06 Å². The van der Waals surface area contributed by atoms with E-state index in [0.29, 0.717) is 29.0 Å². The van der Waals surface area contributed by atoms with Crippen molar-refractivity contribution >= 4 is 28.6 Å². The van der Waals surface area contributed by atoms with Crippen LogP contribution < -0.4 is 9.64 Å². The van der Waals surface area contributed by atoms with Crippen LogP contribution in [0, 0.1) is 0 Å². The average molecular weight is 226 g/mol. The van der Waals surface area contributed by atoms with Crippen molar-refractivity contribution in [2.45, 2.75) is 6.92 Å². The first-order chi connectivity index (χ1) is 7.22. The lowest BCUT2D eigenvalue weighted by Crippen LogP contribution is -2.28. The van der Waals surface area contributed by atoms with Gasteiger partial charge >= 0.3 is 6.09 Å². The Balaban J connectivity index is 2.33. The molecule has 1 aliphatic rings. The zero-order chi connectivity index (χ0) is 10.8. The van der Waals surface area contributed by atoms with Gasteiger partial charge in [0.05, 0.1) is 0 Å². The maximum Gasteiger partial charge on any atom is 0.413 e. The minimum atomic E-state index is -0.993. The lowest BCUT2D eigenvalue weighted by molar-refractivity contribution is 0.202. The van der Waals surface area contributed by atoms with Crippen molar-refractivity contribution in [3.05, 3.63) is 11.8 Å². The molecular weight excluding hydrogens is 216 g/mol. The second kappa shape index (κ2) is 3.90. The number of nitrogens with zero attached hydrogens (tertiary/aromatic N) is 2. The van der Waals surface area contributed by atoms with Gasteiger partial charge in [-0.05, 0) is 19.1 Å². The standard InChI is InChI=1S/C9H10N2O3S/c1-2-11(9(12)13)8-10-6-4-3-5-14-7(6)15-8/h3-4H,2,5H2,1H3,(H,12,13). The third kappa shape index (κ3) is 1.80. The van der Waals surface area contributed by atoms with Crippen LogP contribution in [0.1, 0.15) is 12.6 Å². The van der Waals surface area contributed by atoms with Gasteiger partial charge in [0, 0.05) is 6.54 Å². The van der Waals surface area contributed by atoms with E-state index in [4.69, 9.17) is 9.84 Å². The zero-order valence-electron chi connectivity index (χ0n) is 8.14. The molecule has 2 heterocycles. The second-order valence-corrected chi connectivity index (χ2v) is 3.85. The van der Waals surface area contributed by atoms with E-state index in [1.165, 1.54) is 16.2 Å². The maximum absolute atomic E-state index is 10.9. The van der Waals surface area contributed by atoms with E-state index < -0.39 is 6.09 Å². The van der Waals surface area contributed by atoms with Crippen molar-refractivity contribution in [2.24, 2.45) is 0 Å². The van der Waals surface area contributed by atoms with Crippen molar-refractivity contribution in [2.75, 3.05) is 18.1 Å². The highest BCUT2D eigenvalue weighted by molar-refractivity contribution is 7.17. The van der Waals surface area contributed by atoms with Crippen LogP contribution in [0.15, 0.2) is 6.08 Å². The van der Waals surface area contributed by atoms with Crippen LogP contribution in [-0.2, 0) is 0 Å². The quantitative estimate of drug-likeness (QED) is 0.838. The van der Waals surface area contributed by atoms with Crippen LogP contribution in [0.3, 0.4) is 0 Å². The van der Waals surface area contributed by atoms with Crippen LogP contribution in [0.4, 0.5) is 9.93 Å². The summed E-state index contributed by atoms with van der Waals surface area (Å²) < 4.78 is 5.33. The third-order valence-electron chi connectivity index (χ3n) is 1.97. The number of hydrogen-bond donors (Lipinski definition) is 1. The number of carboxylic acid groups (broad SMARTS) is 1. The van der Waals surface area contributed by atoms with Crippen LogP contribution in [0.5, 0.6) is 5.06 Å². The molecule has 1 amide bonds. The Labute approximate surface area is 90.6 Å². The topological polar surface area (TPSA) is 62.7 Å². The molecule has 1 N–H and O–H groups in total. The molecule has 1 aliphatic heterocycles. The molecule has 0 bridgehead atoms. The van der Waals surface area contributed by atoms with E-state index in [1.54, 1.807) is 6.92 Å². The van der Waals surface area contributed by atoms with E-state index in [1.807, 2.05) is 12.2 Å². The van der Waals surface area contributed by atoms with Crippen molar-refractivity contribution in [1.29, 1.82) is 0 Å². The normalized spacial score (nSPS) is 13.1. The third-order valence-corrected chi connectivity index (χ3v) is 2.98. The van der Waals surface area contributed by atoms with E-state index in [-0.39, 0.29) is 0 Å². The molecule has 0 atom stereocenters. The largest absolute Gasteiger partial charge is 0.478 e. The molecule has 0 spiro atoms. The predicted octanol–water partition coefficient (Wildman–Crippen LogP) is 2.05. The Hall–Kier alpha value is -1.56. The van der Waals surface area contributed by atoms with Crippen molar-refractivity contribution in [1.82, 2.24) is 4.98 Å². The van der Waals surface area contributed by atoms with Crippen LogP contribution in [-0.4, -0.2) is 29.3 Å². The number of rotatable bonds is 2. The highest BCUT2D eigenvalue weighted by atomic mass is 32.1. The fraction of sp³-hybridized carbons (Fsp3) is 0.333. The summed E-state index contributed by atoms with van der Waals surface area (Å²) in [4.78, 5) is 16.3. The monoisotopic (exact) mass is 226 g/mol. The molecule has 0 saturated heterocycles. The first-order valence-electron chi connectivity index (χ1n) is 4.53. The molecule has 0 aliphatic carbocycles. The van der Waals surface area contributed by atoms with Gasteiger partial charge < -0.3 is 9.84 Å². The lowest BCUT2D eigenvalue weighted by atomic mass is 10.4. The Morgan fingerprint density at radius 3 is 3.20 bits per heavy atom. The van der Waals surface area contributed by atoms with Gasteiger partial charge in [0.25, 0.3) is 0 Å². The lowest BCUT2D eigenvalue weighted by Gasteiger charge is -2.11. The number of carbonyl (C=O) groups is 1. The molecule has 0 radical (unpaired) electrons. The minimum absolute atomic E-state index is 0.380. The highest BCUT2D eigenvalue weighted by Gasteiger charge is 2.20. The summed E-state index contributed by atoms with van der Waals surface area (Å²) in [6, 6.07) is 0. The second-order valence-electron chi connectivity index (χ2n) is 2.91. The van der Waals surface area contributed by atoms with Gasteiger partial charge in [-0.1, -0.05) is 11.3 Å². The first kappa shape index (κ1) is 9.97. The van der Waals surface area contributed by atoms with Gasteiger partial charge in [0.15, 0.2) is 5.13 Å². The number of aromatic nitrogens is 1. The van der Waals surface area contributed by atoms with E-state index in [0.717, 1.165) is 0 Å². The van der Waals surface area contributed by atoms with Gasteiger partial charge in [-0.2, -0.15) is 0 Å². The van der Waals surface area contributed by atoms with Gasteiger partial charge in [0.2, 0.25) is 5.06 Å². The zero-order valence-corrected chi connectivity index (χ0v) is 8.95. The molecule has 0 saturated carbocycles. The molecule has 6 heteroatoms. The Morgan fingerprint density at radius 1 is 1.80 bits per heavy atom. The van der Waals surface area contributed by atoms with Crippen molar-refractivity contribution < 1.29 is 14.6 Å². The Bertz CT molecular complexity index is 413. The smallest absolute Gasteiger partial charge is 0.413 e. The average Bonchev–Trinajstić information content (AvgIpc) is 2.61. The summed E-state index contributed by atoms with van der Waals surface area (Å²) in [6.45, 7) is 2.67. The minimum Gasteiger partial charge on any atom is -0.478 e. The summed E-state index contributed by atoms with van der Waals surface area (Å²) >= 11 is 1.26. The maximum atomic E-state index is 10.9. The summed E-state index contributed by atoms with van der Waals surface area (Å²) in [7, 11) is 0. The molecule has 2 rings (SSSR count). The molecule has 0 unspecified atom stereocenters. The number of hydrogen-bond acceptors (Lipinski definition) is 4. The summed E-state index contributed by atoms with van der Waals surface area (Å²) in [5.41, 5.74) is 0.709. The summed E-state index contributed by atoms with van der Waals surface area (Å²) in [5.74, 6) is 0. The number of fused-ring (bicyclic) bond motifs is 1. The first-order valence-corrected chi connectivity index (χ1v) is 5.34. The van der Waals surface area contributed by atoms with Gasteiger partial charge in [0.1, 0.15) is 12.3 Å². The van der Waals surface area contributed by atoms with Gasteiger partial charge in [-0.3, -0.25) is 4.90 Å². The fourth-order valence-electron chi connectivity index (χ4n) is 1.27. The molecular formula is C9H10N2O3S. The van der Waals surface area contributed by atoms with E-state index in [9.17, 15) is 4.79 Å². The van der Waals surface area contributed by atoms with E-state index in [2.05, 4.69) is 4.98 Å². The molecule has 15 heavy (non-hydrogen) atoms. The number of anilines is 1. The molecule has 5 nitrogen and oxygen atoms in total. The molecule has 1 aromatic heterocycles.